The first-order chi connectivity index (χ1) is 7.99. The molecule has 8 heteroatoms. The van der Waals surface area contributed by atoms with Crippen molar-refractivity contribution in [3.05, 3.63) is 0 Å². The molecular formula is C9H17ClN2O4S. The topological polar surface area (TPSA) is 75.7 Å². The fraction of sp³-hybridized carbons (Fsp3) is 0.889. The summed E-state index contributed by atoms with van der Waals surface area (Å²) in [6.45, 7) is 0.820. The van der Waals surface area contributed by atoms with E-state index < -0.39 is 15.2 Å². The predicted octanol–water partition coefficient (Wildman–Crippen LogP) is -0.260. The van der Waals surface area contributed by atoms with Gasteiger partial charge in [-0.25, -0.2) is 12.7 Å². The van der Waals surface area contributed by atoms with Crippen molar-refractivity contribution in [2.24, 2.45) is 0 Å². The molecule has 0 aliphatic carbocycles. The molecule has 1 fully saturated rings. The molecule has 0 saturated carbocycles. The van der Waals surface area contributed by atoms with E-state index in [1.54, 1.807) is 0 Å². The highest BCUT2D eigenvalue weighted by molar-refractivity contribution is 7.90. The molecule has 0 radical (unpaired) electrons. The van der Waals surface area contributed by atoms with Crippen LogP contribution in [0.3, 0.4) is 0 Å². The van der Waals surface area contributed by atoms with Crippen LogP contribution in [-0.2, 0) is 19.6 Å². The third-order valence-corrected chi connectivity index (χ3v) is 4.88. The van der Waals surface area contributed by atoms with Crippen LogP contribution in [0.15, 0.2) is 0 Å². The Kier molecular flexibility index (Phi) is 5.64. The van der Waals surface area contributed by atoms with Crippen LogP contribution in [0.25, 0.3) is 0 Å². The summed E-state index contributed by atoms with van der Waals surface area (Å²) in [5.41, 5.74) is 0. The lowest BCUT2D eigenvalue weighted by molar-refractivity contribution is -0.125. The van der Waals surface area contributed by atoms with Crippen LogP contribution in [0.1, 0.15) is 12.8 Å². The van der Waals surface area contributed by atoms with Crippen molar-refractivity contribution in [2.45, 2.75) is 18.9 Å². The van der Waals surface area contributed by atoms with Gasteiger partial charge in [-0.15, -0.1) is 11.6 Å². The van der Waals surface area contributed by atoms with Gasteiger partial charge in [0.1, 0.15) is 11.8 Å². The van der Waals surface area contributed by atoms with Gasteiger partial charge in [0.05, 0.1) is 0 Å². The maximum Gasteiger partial charge on any atom is 0.246 e. The number of ether oxygens (including phenoxy) is 1. The van der Waals surface area contributed by atoms with Crippen LogP contribution in [0, 0.1) is 0 Å². The molecule has 1 aliphatic heterocycles. The minimum atomic E-state index is -3.32. The molecule has 1 amide bonds. The summed E-state index contributed by atoms with van der Waals surface area (Å²) in [4.78, 5) is 11.3. The van der Waals surface area contributed by atoms with Gasteiger partial charge in [0.15, 0.2) is 0 Å². The molecule has 0 unspecified atom stereocenters. The largest absolute Gasteiger partial charge is 0.375 e. The fourth-order valence-corrected chi connectivity index (χ4v) is 3.07. The third kappa shape index (κ3) is 4.42. The number of hydrogen-bond acceptors (Lipinski definition) is 4. The first kappa shape index (κ1) is 14.7. The number of rotatable bonds is 5. The van der Waals surface area contributed by atoms with Gasteiger partial charge in [-0.05, 0) is 12.8 Å². The summed E-state index contributed by atoms with van der Waals surface area (Å²) in [6.07, 6.45) is 1.21. The molecule has 1 heterocycles. The Bertz CT molecular complexity index is 352. The summed E-state index contributed by atoms with van der Waals surface area (Å²) in [7, 11) is -1.87. The summed E-state index contributed by atoms with van der Waals surface area (Å²) in [5, 5.41) is 2.40. The minimum Gasteiger partial charge on any atom is -0.375 e. The number of alkyl halides is 1. The SMILES string of the molecule is COCC(=O)NC1CCN(S(=O)(=O)CCl)CC1. The standard InChI is InChI=1S/C9H17ClN2O4S/c1-16-6-9(13)11-8-2-4-12(5-3-8)17(14,15)7-10/h8H,2-7H2,1H3,(H,11,13). The molecule has 17 heavy (non-hydrogen) atoms. The maximum absolute atomic E-state index is 11.5. The highest BCUT2D eigenvalue weighted by Crippen LogP contribution is 2.15. The van der Waals surface area contributed by atoms with Crippen molar-refractivity contribution in [3.8, 4) is 0 Å². The number of hydrogen-bond donors (Lipinski definition) is 1. The van der Waals surface area contributed by atoms with Crippen molar-refractivity contribution < 1.29 is 17.9 Å². The van der Waals surface area contributed by atoms with Crippen molar-refractivity contribution in [1.82, 2.24) is 9.62 Å². The van der Waals surface area contributed by atoms with Gasteiger partial charge in [-0.1, -0.05) is 0 Å². The lowest BCUT2D eigenvalue weighted by atomic mass is 10.1. The van der Waals surface area contributed by atoms with Gasteiger partial charge in [-0.2, -0.15) is 0 Å². The zero-order valence-electron chi connectivity index (χ0n) is 9.69. The molecule has 6 nitrogen and oxygen atoms in total. The van der Waals surface area contributed by atoms with Crippen molar-refractivity contribution >= 4 is 27.5 Å². The highest BCUT2D eigenvalue weighted by Gasteiger charge is 2.27. The smallest absolute Gasteiger partial charge is 0.246 e. The molecule has 100 valence electrons. The van der Waals surface area contributed by atoms with Gasteiger partial charge in [0, 0.05) is 26.2 Å². The van der Waals surface area contributed by atoms with E-state index in [2.05, 4.69) is 5.32 Å². The number of halogens is 1. The van der Waals surface area contributed by atoms with Gasteiger partial charge >= 0.3 is 0 Å². The number of amides is 1. The second kappa shape index (κ2) is 6.53. The maximum atomic E-state index is 11.5. The quantitative estimate of drug-likeness (QED) is 0.706. The second-order valence-corrected chi connectivity index (χ2v) is 6.45. The van der Waals surface area contributed by atoms with Gasteiger partial charge in [0.2, 0.25) is 15.9 Å². The summed E-state index contributed by atoms with van der Waals surface area (Å²) in [5.74, 6) is -0.175. The minimum absolute atomic E-state index is 0.0134. The third-order valence-electron chi connectivity index (χ3n) is 2.63. The van der Waals surface area contributed by atoms with Crippen LogP contribution < -0.4 is 5.32 Å². The van der Waals surface area contributed by atoms with E-state index in [1.807, 2.05) is 0 Å². The van der Waals surface area contributed by atoms with Crippen LogP contribution >= 0.6 is 11.6 Å². The molecule has 1 saturated heterocycles. The fourth-order valence-electron chi connectivity index (χ4n) is 1.75. The number of methoxy groups -OCH3 is 1. The molecule has 1 rings (SSSR count). The number of nitrogens with one attached hydrogen (secondary N) is 1. The Hall–Kier alpha value is -0.370. The molecule has 1 N–H and O–H groups in total. The monoisotopic (exact) mass is 284 g/mol. The molecule has 0 atom stereocenters. The Balaban J connectivity index is 2.38. The van der Waals surface area contributed by atoms with Crippen LogP contribution in [0.4, 0.5) is 0 Å². The van der Waals surface area contributed by atoms with Crippen molar-refractivity contribution in [1.29, 1.82) is 0 Å². The number of piperidine rings is 1. The molecule has 0 aromatic heterocycles. The van der Waals surface area contributed by atoms with E-state index in [4.69, 9.17) is 16.3 Å². The Morgan fingerprint density at radius 2 is 2.06 bits per heavy atom. The van der Waals surface area contributed by atoms with Crippen LogP contribution in [0.5, 0.6) is 0 Å². The van der Waals surface area contributed by atoms with Crippen LogP contribution in [0.2, 0.25) is 0 Å². The van der Waals surface area contributed by atoms with Crippen molar-refractivity contribution in [3.63, 3.8) is 0 Å². The first-order valence-corrected chi connectivity index (χ1v) is 7.46. The molecule has 0 bridgehead atoms. The van der Waals surface area contributed by atoms with E-state index in [-0.39, 0.29) is 18.6 Å². The van der Waals surface area contributed by atoms with E-state index in [1.165, 1.54) is 11.4 Å². The van der Waals surface area contributed by atoms with Crippen LogP contribution in [-0.4, -0.2) is 56.7 Å². The highest BCUT2D eigenvalue weighted by atomic mass is 35.5. The summed E-state index contributed by atoms with van der Waals surface area (Å²) in [6, 6.07) is 0.0134. The normalized spacial score (nSPS) is 19.2. The van der Waals surface area contributed by atoms with E-state index in [0.29, 0.717) is 25.9 Å². The average molecular weight is 285 g/mol. The van der Waals surface area contributed by atoms with E-state index in [9.17, 15) is 13.2 Å². The molecular weight excluding hydrogens is 268 g/mol. The lowest BCUT2D eigenvalue weighted by Gasteiger charge is -2.31. The van der Waals surface area contributed by atoms with Gasteiger partial charge in [-0.3, -0.25) is 4.79 Å². The molecule has 0 aromatic carbocycles. The number of carbonyl (C=O) groups excluding carboxylic acids is 1. The summed E-state index contributed by atoms with van der Waals surface area (Å²) >= 11 is 5.37. The first-order valence-electron chi connectivity index (χ1n) is 5.31. The van der Waals surface area contributed by atoms with Gasteiger partial charge in [0.25, 0.3) is 0 Å². The lowest BCUT2D eigenvalue weighted by Crippen LogP contribution is -2.47. The predicted molar refractivity (Wildman–Crippen MR) is 64.3 cm³/mol. The number of carbonyl (C=O) groups is 1. The zero-order chi connectivity index (χ0) is 12.9. The Labute approximate surface area is 106 Å². The Morgan fingerprint density at radius 3 is 2.53 bits per heavy atom. The molecule has 1 aliphatic rings. The molecule has 0 spiro atoms. The van der Waals surface area contributed by atoms with E-state index in [0.717, 1.165) is 0 Å². The molecule has 0 aromatic rings. The van der Waals surface area contributed by atoms with Gasteiger partial charge < -0.3 is 10.1 Å². The number of nitrogens with zero attached hydrogens (tertiary/aromatic N) is 1. The second-order valence-electron chi connectivity index (χ2n) is 3.89. The Morgan fingerprint density at radius 1 is 1.47 bits per heavy atom. The number of sulfonamides is 1. The average Bonchev–Trinajstić information content (AvgIpc) is 2.30. The summed E-state index contributed by atoms with van der Waals surface area (Å²) < 4.78 is 29.0. The van der Waals surface area contributed by atoms with E-state index >= 15 is 0 Å². The van der Waals surface area contributed by atoms with Crippen molar-refractivity contribution in [2.75, 3.05) is 32.0 Å². The zero-order valence-corrected chi connectivity index (χ0v) is 11.3.